The van der Waals surface area contributed by atoms with E-state index in [1.54, 1.807) is 0 Å². The smallest absolute Gasteiger partial charge is 0.235 e. The molecule has 1 nitrogen and oxygen atoms in total. The molecule has 1 aromatic carbocycles. The van der Waals surface area contributed by atoms with Gasteiger partial charge in [0.15, 0.2) is 0 Å². The van der Waals surface area contributed by atoms with Gasteiger partial charge in [0, 0.05) is 17.0 Å². The standard InChI is InChI=1S/C28H40FI2N/c1-5-21(3)19-23(22-9-15-26(16-10-22)32-17-7-8-18-32)20-27(4,6-2)24-11-13-25(14-12-24)28(29,30)31/h6,11-14,19,22-23,26H,2,5,7-10,15-18,20H2,1,3-4H3/b21-19+. The van der Waals surface area contributed by atoms with E-state index in [1.165, 1.54) is 62.8 Å². The zero-order chi connectivity index (χ0) is 23.4. The summed E-state index contributed by atoms with van der Waals surface area (Å²) in [5, 5.41) is 0. The number of alkyl halides is 3. The van der Waals surface area contributed by atoms with Crippen LogP contribution in [0.5, 0.6) is 0 Å². The van der Waals surface area contributed by atoms with Crippen molar-refractivity contribution in [1.82, 2.24) is 4.90 Å². The van der Waals surface area contributed by atoms with Gasteiger partial charge in [-0.2, -0.15) is 0 Å². The second-order valence-corrected chi connectivity index (χ2v) is 15.3. The van der Waals surface area contributed by atoms with Crippen LogP contribution in [-0.4, -0.2) is 24.0 Å². The van der Waals surface area contributed by atoms with E-state index in [0.717, 1.165) is 24.8 Å². The molecule has 2 fully saturated rings. The lowest BCUT2D eigenvalue weighted by molar-refractivity contribution is 0.142. The van der Waals surface area contributed by atoms with Crippen molar-refractivity contribution in [2.24, 2.45) is 11.8 Å². The highest BCUT2D eigenvalue weighted by Crippen LogP contribution is 2.44. The molecule has 0 amide bonds. The van der Waals surface area contributed by atoms with Crippen molar-refractivity contribution >= 4 is 45.2 Å². The van der Waals surface area contributed by atoms with Gasteiger partial charge in [-0.25, -0.2) is 4.39 Å². The molecule has 1 saturated carbocycles. The van der Waals surface area contributed by atoms with Crippen LogP contribution >= 0.6 is 45.2 Å². The van der Waals surface area contributed by atoms with E-state index in [4.69, 9.17) is 0 Å². The number of rotatable bonds is 9. The van der Waals surface area contributed by atoms with E-state index >= 15 is 0 Å². The van der Waals surface area contributed by atoms with Crippen LogP contribution in [-0.2, 0) is 7.10 Å². The summed E-state index contributed by atoms with van der Waals surface area (Å²) in [6.07, 6.45) is 15.0. The number of nitrogens with zero attached hydrogens (tertiary/aromatic N) is 1. The number of halogens is 3. The number of hydrogen-bond donors (Lipinski definition) is 0. The molecule has 32 heavy (non-hydrogen) atoms. The van der Waals surface area contributed by atoms with Gasteiger partial charge in [0.2, 0.25) is 1.68 Å². The van der Waals surface area contributed by atoms with E-state index in [0.29, 0.717) is 11.5 Å². The van der Waals surface area contributed by atoms with Crippen LogP contribution in [0.25, 0.3) is 0 Å². The summed E-state index contributed by atoms with van der Waals surface area (Å²) in [6, 6.07) is 8.92. The molecule has 0 aromatic heterocycles. The molecule has 2 unspecified atom stereocenters. The van der Waals surface area contributed by atoms with Crippen molar-refractivity contribution in [1.29, 1.82) is 0 Å². The fraction of sp³-hybridized carbons (Fsp3) is 0.643. The van der Waals surface area contributed by atoms with Gasteiger partial charge in [-0.05, 0) is 134 Å². The Kier molecular flexibility index (Phi) is 9.71. The summed E-state index contributed by atoms with van der Waals surface area (Å²) in [5.41, 5.74) is 3.34. The number of benzene rings is 1. The number of hydrogen-bond acceptors (Lipinski definition) is 1. The third-order valence-electron chi connectivity index (χ3n) is 8.04. The van der Waals surface area contributed by atoms with Gasteiger partial charge in [0.1, 0.15) is 0 Å². The summed E-state index contributed by atoms with van der Waals surface area (Å²) in [5.74, 6) is 1.31. The summed E-state index contributed by atoms with van der Waals surface area (Å²) >= 11 is 3.71. The Morgan fingerprint density at radius 2 is 1.69 bits per heavy atom. The maximum atomic E-state index is 14.4. The van der Waals surface area contributed by atoms with E-state index in [9.17, 15) is 4.39 Å². The van der Waals surface area contributed by atoms with Crippen LogP contribution in [0.3, 0.4) is 0 Å². The van der Waals surface area contributed by atoms with Crippen LogP contribution in [0, 0.1) is 11.8 Å². The Morgan fingerprint density at radius 3 is 2.19 bits per heavy atom. The molecule has 1 saturated heterocycles. The maximum Gasteiger partial charge on any atom is 0.235 e. The number of likely N-dealkylation sites (tertiary alicyclic amines) is 1. The monoisotopic (exact) mass is 663 g/mol. The fourth-order valence-corrected chi connectivity index (χ4v) is 6.41. The van der Waals surface area contributed by atoms with Crippen molar-refractivity contribution < 1.29 is 4.39 Å². The third-order valence-corrected chi connectivity index (χ3v) is 9.29. The van der Waals surface area contributed by atoms with Gasteiger partial charge in [-0.3, -0.25) is 0 Å². The topological polar surface area (TPSA) is 3.24 Å². The van der Waals surface area contributed by atoms with Gasteiger partial charge in [-0.15, -0.1) is 6.58 Å². The Hall–Kier alpha value is 0.0500. The highest BCUT2D eigenvalue weighted by molar-refractivity contribution is 14.2. The van der Waals surface area contributed by atoms with E-state index < -0.39 is 1.68 Å². The summed E-state index contributed by atoms with van der Waals surface area (Å²) in [4.78, 5) is 2.75. The highest BCUT2D eigenvalue weighted by Gasteiger charge is 2.35. The molecule has 178 valence electrons. The Bertz CT molecular complexity index is 768. The molecule has 3 rings (SSSR count). The van der Waals surface area contributed by atoms with Gasteiger partial charge >= 0.3 is 0 Å². The summed E-state index contributed by atoms with van der Waals surface area (Å²) in [6.45, 7) is 13.7. The summed E-state index contributed by atoms with van der Waals surface area (Å²) in [7, 11) is 0. The second kappa shape index (κ2) is 11.7. The molecule has 4 heteroatoms. The quantitative estimate of drug-likeness (QED) is 0.145. The second-order valence-electron chi connectivity index (χ2n) is 10.2. The van der Waals surface area contributed by atoms with Crippen LogP contribution in [0.4, 0.5) is 4.39 Å². The molecule has 0 spiro atoms. The lowest BCUT2D eigenvalue weighted by Crippen LogP contribution is -2.37. The lowest BCUT2D eigenvalue weighted by Gasteiger charge is -2.40. The fourth-order valence-electron chi connectivity index (χ4n) is 5.70. The number of allylic oxidation sites excluding steroid dienone is 3. The molecule has 0 N–H and O–H groups in total. The maximum absolute atomic E-state index is 14.4. The van der Waals surface area contributed by atoms with Crippen molar-refractivity contribution in [2.45, 2.75) is 85.3 Å². The van der Waals surface area contributed by atoms with E-state index in [2.05, 4.69) is 56.5 Å². The molecular weight excluding hydrogens is 623 g/mol. The van der Waals surface area contributed by atoms with E-state index in [1.807, 2.05) is 57.3 Å². The normalized spacial score (nSPS) is 26.0. The molecule has 2 aliphatic rings. The van der Waals surface area contributed by atoms with Crippen LogP contribution < -0.4 is 0 Å². The molecule has 1 aliphatic heterocycles. The van der Waals surface area contributed by atoms with Crippen molar-refractivity contribution in [3.05, 3.63) is 59.7 Å². The Labute approximate surface area is 223 Å². The Morgan fingerprint density at radius 1 is 1.12 bits per heavy atom. The van der Waals surface area contributed by atoms with Gasteiger partial charge < -0.3 is 4.90 Å². The average Bonchev–Trinajstić information content (AvgIpc) is 3.33. The average molecular weight is 663 g/mol. The summed E-state index contributed by atoms with van der Waals surface area (Å²) < 4.78 is 13.0. The highest BCUT2D eigenvalue weighted by atomic mass is 127. The molecule has 1 aromatic rings. The molecule has 1 heterocycles. The van der Waals surface area contributed by atoms with Gasteiger partial charge in [0.25, 0.3) is 0 Å². The van der Waals surface area contributed by atoms with Crippen LogP contribution in [0.15, 0.2) is 48.6 Å². The molecule has 2 atom stereocenters. The third kappa shape index (κ3) is 6.80. The molecule has 0 bridgehead atoms. The van der Waals surface area contributed by atoms with Crippen LogP contribution in [0.2, 0.25) is 0 Å². The van der Waals surface area contributed by atoms with Crippen molar-refractivity contribution in [2.75, 3.05) is 13.1 Å². The molecular formula is C28H40FI2N. The first kappa shape index (κ1) is 26.7. The zero-order valence-electron chi connectivity index (χ0n) is 20.1. The zero-order valence-corrected chi connectivity index (χ0v) is 24.4. The minimum Gasteiger partial charge on any atom is -0.300 e. The predicted octanol–water partition coefficient (Wildman–Crippen LogP) is 9.10. The predicted molar refractivity (Wildman–Crippen MR) is 154 cm³/mol. The SMILES string of the molecule is C=CC(C)(CC(/C=C(\C)CC)C1CCC(N2CCCC2)CC1)c1ccc(C(F)(I)I)cc1. The largest absolute Gasteiger partial charge is 0.300 e. The first-order valence-corrected chi connectivity index (χ1v) is 14.5. The van der Waals surface area contributed by atoms with Crippen molar-refractivity contribution in [3.8, 4) is 0 Å². The van der Waals surface area contributed by atoms with E-state index in [-0.39, 0.29) is 5.41 Å². The van der Waals surface area contributed by atoms with Gasteiger partial charge in [-0.1, -0.05) is 55.8 Å². The molecule has 0 radical (unpaired) electrons. The minimum absolute atomic E-state index is 0.116. The first-order valence-electron chi connectivity index (χ1n) is 12.4. The first-order chi connectivity index (χ1) is 15.2. The Balaban J connectivity index is 1.76. The lowest BCUT2D eigenvalue weighted by atomic mass is 9.68. The molecule has 1 aliphatic carbocycles. The van der Waals surface area contributed by atoms with Gasteiger partial charge in [0.05, 0.1) is 0 Å². The minimum atomic E-state index is -1.36. The van der Waals surface area contributed by atoms with Crippen molar-refractivity contribution in [3.63, 3.8) is 0 Å². The van der Waals surface area contributed by atoms with Crippen LogP contribution in [0.1, 0.15) is 83.3 Å².